The lowest BCUT2D eigenvalue weighted by molar-refractivity contribution is -0.118. The molecular formula is C3H9FN2O. The fraction of sp³-hybridized carbons (Fsp3) is 1.00. The summed E-state index contributed by atoms with van der Waals surface area (Å²) in [6.07, 6.45) is -0.931. The van der Waals surface area contributed by atoms with Gasteiger partial charge in [-0.3, -0.25) is 5.73 Å². The number of hydrogen-bond donors (Lipinski definition) is 1. The molecule has 0 amide bonds. The molecule has 0 aromatic carbocycles. The van der Waals surface area contributed by atoms with Crippen LogP contribution >= 0.6 is 0 Å². The number of halogens is 1. The first kappa shape index (κ1) is 6.81. The Morgan fingerprint density at radius 2 is 2.29 bits per heavy atom. The van der Waals surface area contributed by atoms with E-state index in [1.54, 1.807) is 0 Å². The first-order valence-corrected chi connectivity index (χ1v) is 1.85. The van der Waals surface area contributed by atoms with Crippen molar-refractivity contribution in [3.63, 3.8) is 0 Å². The van der Waals surface area contributed by atoms with Gasteiger partial charge in [0.05, 0.1) is 0 Å². The van der Waals surface area contributed by atoms with Gasteiger partial charge in [-0.25, -0.2) is 0 Å². The lowest BCUT2D eigenvalue weighted by Gasteiger charge is -2.11. The van der Waals surface area contributed by atoms with Gasteiger partial charge in [0.1, 0.15) is 0 Å². The molecule has 1 atom stereocenters. The molecule has 0 aromatic rings. The molecule has 0 aromatic heterocycles. The van der Waals surface area contributed by atoms with Gasteiger partial charge >= 0.3 is 0 Å². The normalized spacial score (nSPS) is 15.0. The number of ether oxygens (including phenoxy) is 1. The van der Waals surface area contributed by atoms with Crippen molar-refractivity contribution in [2.45, 2.75) is 6.35 Å². The molecule has 0 spiro atoms. The summed E-state index contributed by atoms with van der Waals surface area (Å²) >= 11 is 0. The number of hydrogen-bond acceptors (Lipinski definition) is 3. The molecule has 0 radical (unpaired) electrons. The van der Waals surface area contributed by atoms with E-state index in [1.807, 2.05) is 0 Å². The largest absolute Gasteiger partial charge is 0.351 e. The summed E-state index contributed by atoms with van der Waals surface area (Å²) in [7, 11) is 2.52. The van der Waals surface area contributed by atoms with Gasteiger partial charge in [-0.2, -0.15) is 0 Å². The van der Waals surface area contributed by atoms with Crippen LogP contribution in [0, 0.1) is 0 Å². The third-order valence-corrected chi connectivity index (χ3v) is 0.592. The van der Waals surface area contributed by atoms with Gasteiger partial charge in [-0.05, 0) is 0 Å². The first-order chi connectivity index (χ1) is 3.18. The average molecular weight is 108 g/mol. The second-order valence-corrected chi connectivity index (χ2v) is 1.15. The molecule has 0 aliphatic rings. The second kappa shape index (κ2) is 2.90. The summed E-state index contributed by atoms with van der Waals surface area (Å²) in [5, 5.41) is 0.278. The fourth-order valence-electron chi connectivity index (χ4n) is 0.145. The summed E-state index contributed by atoms with van der Waals surface area (Å²) in [6.45, 7) is 0. The second-order valence-electron chi connectivity index (χ2n) is 1.15. The molecule has 0 saturated heterocycles. The molecular weight excluding hydrogens is 99.0 g/mol. The highest BCUT2D eigenvalue weighted by molar-refractivity contribution is 4.29. The molecule has 1 unspecified atom stereocenters. The molecule has 0 rings (SSSR count). The average Bonchev–Trinajstić information content (AvgIpc) is 1.65. The smallest absolute Gasteiger partial charge is 0.189 e. The van der Waals surface area contributed by atoms with Crippen molar-refractivity contribution < 1.29 is 9.22 Å². The molecule has 7 heavy (non-hydrogen) atoms. The van der Waals surface area contributed by atoms with Crippen LogP contribution in [0.25, 0.3) is 0 Å². The first-order valence-electron chi connectivity index (χ1n) is 1.85. The lowest BCUT2D eigenvalue weighted by Crippen LogP contribution is -2.34. The number of methoxy groups -OCH3 is 1. The Kier molecular flexibility index (Phi) is 2.82. The zero-order valence-corrected chi connectivity index (χ0v) is 4.39. The summed E-state index contributed by atoms with van der Waals surface area (Å²) in [4.78, 5) is 0. The Morgan fingerprint density at radius 1 is 1.86 bits per heavy atom. The van der Waals surface area contributed by atoms with Crippen molar-refractivity contribution in [2.75, 3.05) is 14.2 Å². The number of nitrogens with zero attached hydrogens (tertiary/aromatic N) is 1. The fourth-order valence-corrected chi connectivity index (χ4v) is 0.145. The minimum Gasteiger partial charge on any atom is -0.351 e. The lowest BCUT2D eigenvalue weighted by atomic mass is 10.9. The van der Waals surface area contributed by atoms with Crippen LogP contribution in [-0.4, -0.2) is 25.6 Å². The maximum Gasteiger partial charge on any atom is 0.189 e. The highest BCUT2D eigenvalue weighted by atomic mass is 19.2. The number of rotatable bonds is 2. The van der Waals surface area contributed by atoms with E-state index in [9.17, 15) is 4.48 Å². The van der Waals surface area contributed by atoms with Crippen LogP contribution in [0.2, 0.25) is 0 Å². The third-order valence-electron chi connectivity index (χ3n) is 0.592. The van der Waals surface area contributed by atoms with Crippen LogP contribution in [0.4, 0.5) is 4.48 Å². The molecule has 0 bridgehead atoms. The van der Waals surface area contributed by atoms with Gasteiger partial charge in [-0.1, -0.05) is 0 Å². The van der Waals surface area contributed by atoms with Crippen LogP contribution in [0.3, 0.4) is 0 Å². The van der Waals surface area contributed by atoms with Crippen molar-refractivity contribution >= 4 is 0 Å². The molecule has 0 aliphatic carbocycles. The van der Waals surface area contributed by atoms with Crippen molar-refractivity contribution in [1.29, 1.82) is 0 Å². The summed E-state index contributed by atoms with van der Waals surface area (Å²) in [5.41, 5.74) is 4.94. The highest BCUT2D eigenvalue weighted by Crippen LogP contribution is 1.86. The molecule has 3 nitrogen and oxygen atoms in total. The van der Waals surface area contributed by atoms with Crippen molar-refractivity contribution in [3.8, 4) is 0 Å². The van der Waals surface area contributed by atoms with Gasteiger partial charge < -0.3 is 4.74 Å². The topological polar surface area (TPSA) is 38.5 Å². The Bertz CT molecular complexity index is 50.2. The minimum absolute atomic E-state index is 0.278. The molecule has 44 valence electrons. The molecule has 0 heterocycles. The minimum atomic E-state index is -0.931. The molecule has 0 aliphatic heterocycles. The van der Waals surface area contributed by atoms with Crippen molar-refractivity contribution in [2.24, 2.45) is 5.73 Å². The van der Waals surface area contributed by atoms with E-state index in [-0.39, 0.29) is 5.12 Å². The van der Waals surface area contributed by atoms with Gasteiger partial charge in [0.15, 0.2) is 6.35 Å². The summed E-state index contributed by atoms with van der Waals surface area (Å²) in [5.74, 6) is 0. The van der Waals surface area contributed by atoms with Gasteiger partial charge in [0.2, 0.25) is 0 Å². The monoisotopic (exact) mass is 108 g/mol. The maximum absolute atomic E-state index is 11.7. The Labute approximate surface area is 41.8 Å². The van der Waals surface area contributed by atoms with Crippen molar-refractivity contribution in [1.82, 2.24) is 5.12 Å². The predicted octanol–water partition coefficient (Wildman–Crippen LogP) is -0.309. The van der Waals surface area contributed by atoms with Crippen molar-refractivity contribution in [3.05, 3.63) is 0 Å². The van der Waals surface area contributed by atoms with Crippen LogP contribution < -0.4 is 5.73 Å². The van der Waals surface area contributed by atoms with Crippen LogP contribution in [0.15, 0.2) is 0 Å². The Hall–Kier alpha value is -0.190. The maximum atomic E-state index is 11.7. The summed E-state index contributed by atoms with van der Waals surface area (Å²) < 4.78 is 16.0. The van der Waals surface area contributed by atoms with Gasteiger partial charge in [0.25, 0.3) is 0 Å². The molecule has 0 fully saturated rings. The quantitative estimate of drug-likeness (QED) is 0.389. The van der Waals surface area contributed by atoms with Crippen LogP contribution in [0.1, 0.15) is 0 Å². The van der Waals surface area contributed by atoms with E-state index >= 15 is 0 Å². The standard InChI is InChI=1S/C3H9FN2O/c1-6(4)3(5)7-2/h3H,5H2,1-2H3. The van der Waals surface area contributed by atoms with E-state index in [1.165, 1.54) is 14.2 Å². The predicted molar refractivity (Wildman–Crippen MR) is 23.9 cm³/mol. The molecule has 0 saturated carbocycles. The Balaban J connectivity index is 3.14. The molecule has 4 heteroatoms. The van der Waals surface area contributed by atoms with Gasteiger partial charge in [0, 0.05) is 14.2 Å². The zero-order valence-electron chi connectivity index (χ0n) is 4.39. The van der Waals surface area contributed by atoms with Crippen LogP contribution in [0.5, 0.6) is 0 Å². The van der Waals surface area contributed by atoms with Crippen LogP contribution in [-0.2, 0) is 4.74 Å². The molecule has 2 N–H and O–H groups in total. The number of nitrogens with two attached hydrogens (primary N) is 1. The Morgan fingerprint density at radius 3 is 2.29 bits per heavy atom. The van der Waals surface area contributed by atoms with E-state index < -0.39 is 6.35 Å². The van der Waals surface area contributed by atoms with E-state index in [0.29, 0.717) is 0 Å². The van der Waals surface area contributed by atoms with E-state index in [0.717, 1.165) is 0 Å². The van der Waals surface area contributed by atoms with E-state index in [2.05, 4.69) is 4.74 Å². The summed E-state index contributed by atoms with van der Waals surface area (Å²) in [6, 6.07) is 0. The highest BCUT2D eigenvalue weighted by Gasteiger charge is 2.02. The SMILES string of the molecule is COC(N)N(C)F. The zero-order chi connectivity index (χ0) is 5.86. The third kappa shape index (κ3) is 2.50. The van der Waals surface area contributed by atoms with E-state index in [4.69, 9.17) is 5.73 Å². The van der Waals surface area contributed by atoms with Gasteiger partial charge in [-0.15, -0.1) is 9.60 Å².